The summed E-state index contributed by atoms with van der Waals surface area (Å²) in [6, 6.07) is 10.3. The lowest BCUT2D eigenvalue weighted by Gasteiger charge is -2.13. The highest BCUT2D eigenvalue weighted by Crippen LogP contribution is 2.34. The first kappa shape index (κ1) is 16.9. The van der Waals surface area contributed by atoms with Crippen molar-refractivity contribution < 1.29 is 22.7 Å². The molecule has 0 spiro atoms. The van der Waals surface area contributed by atoms with Crippen LogP contribution in [0.4, 0.5) is 18.9 Å². The lowest BCUT2D eigenvalue weighted by atomic mass is 10.1. The van der Waals surface area contributed by atoms with Crippen LogP contribution in [0.2, 0.25) is 0 Å². The number of ether oxygens (including phenoxy) is 1. The van der Waals surface area contributed by atoms with Crippen molar-refractivity contribution in [1.82, 2.24) is 4.98 Å². The number of methoxy groups -OCH3 is 1. The summed E-state index contributed by atoms with van der Waals surface area (Å²) in [6.07, 6.45) is -2.92. The molecule has 4 nitrogen and oxygen atoms in total. The summed E-state index contributed by atoms with van der Waals surface area (Å²) >= 11 is 0. The van der Waals surface area contributed by atoms with Crippen molar-refractivity contribution in [3.05, 3.63) is 59.8 Å². The topological polar surface area (TPSA) is 54.1 Å². The third kappa shape index (κ3) is 3.60. The standard InChI is InChI=1S/C18H15F3N2O2/c1-25-12-6-7-15-13(9-12)11(10-22-15)8-17(24)23-16-5-3-2-4-14(16)18(19,20)21/h2-7,9-10,22H,8H2,1H3,(H,23,24). The second-order valence-electron chi connectivity index (χ2n) is 5.49. The van der Waals surface area contributed by atoms with Crippen LogP contribution >= 0.6 is 0 Å². The van der Waals surface area contributed by atoms with Crippen molar-refractivity contribution in [3.8, 4) is 5.75 Å². The smallest absolute Gasteiger partial charge is 0.418 e. The Kier molecular flexibility index (Phi) is 4.39. The number of hydrogen-bond acceptors (Lipinski definition) is 2. The summed E-state index contributed by atoms with van der Waals surface area (Å²) in [4.78, 5) is 15.3. The van der Waals surface area contributed by atoms with Gasteiger partial charge in [-0.2, -0.15) is 13.2 Å². The number of halogens is 3. The lowest BCUT2D eigenvalue weighted by Crippen LogP contribution is -2.18. The molecule has 0 aliphatic rings. The fraction of sp³-hybridized carbons (Fsp3) is 0.167. The van der Waals surface area contributed by atoms with Gasteiger partial charge in [-0.1, -0.05) is 12.1 Å². The zero-order valence-electron chi connectivity index (χ0n) is 13.3. The van der Waals surface area contributed by atoms with Gasteiger partial charge in [0.15, 0.2) is 0 Å². The van der Waals surface area contributed by atoms with E-state index in [1.165, 1.54) is 25.3 Å². The first-order valence-corrected chi connectivity index (χ1v) is 7.48. The molecule has 0 atom stereocenters. The number of carbonyl (C=O) groups is 1. The monoisotopic (exact) mass is 348 g/mol. The van der Waals surface area contributed by atoms with Crippen molar-refractivity contribution in [2.75, 3.05) is 12.4 Å². The van der Waals surface area contributed by atoms with Crippen LogP contribution in [-0.2, 0) is 17.4 Å². The first-order chi connectivity index (χ1) is 11.9. The molecule has 2 N–H and O–H groups in total. The Hall–Kier alpha value is -2.96. The van der Waals surface area contributed by atoms with Crippen LogP contribution in [0.1, 0.15) is 11.1 Å². The highest BCUT2D eigenvalue weighted by Gasteiger charge is 2.33. The number of H-pyrrole nitrogens is 1. The van der Waals surface area contributed by atoms with Gasteiger partial charge in [0, 0.05) is 17.1 Å². The molecule has 1 aromatic heterocycles. The van der Waals surface area contributed by atoms with Gasteiger partial charge in [-0.15, -0.1) is 0 Å². The molecule has 0 radical (unpaired) electrons. The van der Waals surface area contributed by atoms with E-state index in [4.69, 9.17) is 4.74 Å². The van der Waals surface area contributed by atoms with E-state index in [1.807, 2.05) is 6.07 Å². The number of alkyl halides is 3. The van der Waals surface area contributed by atoms with Crippen LogP contribution in [0.5, 0.6) is 5.75 Å². The molecule has 0 aliphatic carbocycles. The molecule has 0 bridgehead atoms. The number of benzene rings is 2. The number of carbonyl (C=O) groups excluding carboxylic acids is 1. The summed E-state index contributed by atoms with van der Waals surface area (Å²) in [5.41, 5.74) is 0.372. The number of hydrogen-bond donors (Lipinski definition) is 2. The second-order valence-corrected chi connectivity index (χ2v) is 5.49. The molecule has 0 saturated carbocycles. The fourth-order valence-electron chi connectivity index (χ4n) is 2.64. The SMILES string of the molecule is COc1ccc2[nH]cc(CC(=O)Nc3ccccc3C(F)(F)F)c2c1. The maximum atomic E-state index is 13.0. The Morgan fingerprint density at radius 1 is 1.20 bits per heavy atom. The van der Waals surface area contributed by atoms with Gasteiger partial charge >= 0.3 is 6.18 Å². The van der Waals surface area contributed by atoms with Crippen molar-refractivity contribution in [2.24, 2.45) is 0 Å². The number of fused-ring (bicyclic) bond motifs is 1. The van der Waals surface area contributed by atoms with Crippen LogP contribution in [0.25, 0.3) is 10.9 Å². The third-order valence-corrected chi connectivity index (χ3v) is 3.83. The van der Waals surface area contributed by atoms with Crippen molar-refractivity contribution in [2.45, 2.75) is 12.6 Å². The summed E-state index contributed by atoms with van der Waals surface area (Å²) in [5.74, 6) is 0.108. The molecule has 130 valence electrons. The number of aromatic nitrogens is 1. The summed E-state index contributed by atoms with van der Waals surface area (Å²) in [6.45, 7) is 0. The molecule has 2 aromatic carbocycles. The molecular formula is C18H15F3N2O2. The molecule has 3 aromatic rings. The van der Waals surface area contributed by atoms with Gasteiger partial charge in [-0.05, 0) is 35.9 Å². The number of anilines is 1. The van der Waals surface area contributed by atoms with Crippen LogP contribution in [-0.4, -0.2) is 18.0 Å². The first-order valence-electron chi connectivity index (χ1n) is 7.48. The quantitative estimate of drug-likeness (QED) is 0.735. The summed E-state index contributed by atoms with van der Waals surface area (Å²) in [7, 11) is 1.54. The number of nitrogens with one attached hydrogen (secondary N) is 2. The normalized spacial score (nSPS) is 11.5. The van der Waals surface area contributed by atoms with Gasteiger partial charge in [0.05, 0.1) is 24.8 Å². The van der Waals surface area contributed by atoms with Crippen molar-refractivity contribution in [1.29, 1.82) is 0 Å². The van der Waals surface area contributed by atoms with Crippen LogP contribution in [0.15, 0.2) is 48.7 Å². The molecule has 1 amide bonds. The molecule has 3 rings (SSSR count). The number of amides is 1. The lowest BCUT2D eigenvalue weighted by molar-refractivity contribution is -0.137. The molecule has 25 heavy (non-hydrogen) atoms. The van der Waals surface area contributed by atoms with Gasteiger partial charge in [-0.3, -0.25) is 4.79 Å². The number of aromatic amines is 1. The Bertz CT molecular complexity index is 916. The Morgan fingerprint density at radius 3 is 2.68 bits per heavy atom. The summed E-state index contributed by atoms with van der Waals surface area (Å²) in [5, 5.41) is 3.13. The predicted molar refractivity (Wildman–Crippen MR) is 88.6 cm³/mol. The largest absolute Gasteiger partial charge is 0.497 e. The van der Waals surface area contributed by atoms with Gasteiger partial charge in [-0.25, -0.2) is 0 Å². The Balaban J connectivity index is 1.82. The molecule has 0 aliphatic heterocycles. The number of rotatable bonds is 4. The van der Waals surface area contributed by atoms with Crippen molar-refractivity contribution >= 4 is 22.5 Å². The van der Waals surface area contributed by atoms with E-state index in [-0.39, 0.29) is 12.1 Å². The van der Waals surface area contributed by atoms with E-state index >= 15 is 0 Å². The van der Waals surface area contributed by atoms with E-state index in [2.05, 4.69) is 10.3 Å². The fourth-order valence-corrected chi connectivity index (χ4v) is 2.64. The van der Waals surface area contributed by atoms with Gasteiger partial charge in [0.25, 0.3) is 0 Å². The molecule has 0 unspecified atom stereocenters. The van der Waals surface area contributed by atoms with Gasteiger partial charge in [0.2, 0.25) is 5.91 Å². The molecule has 0 fully saturated rings. The van der Waals surface area contributed by atoms with E-state index in [0.717, 1.165) is 17.0 Å². The maximum absolute atomic E-state index is 13.0. The Morgan fingerprint density at radius 2 is 1.96 bits per heavy atom. The van der Waals surface area contributed by atoms with E-state index < -0.39 is 17.6 Å². The molecule has 7 heteroatoms. The average Bonchev–Trinajstić information content (AvgIpc) is 2.96. The third-order valence-electron chi connectivity index (χ3n) is 3.83. The molecular weight excluding hydrogens is 333 g/mol. The van der Waals surface area contributed by atoms with Crippen LogP contribution < -0.4 is 10.1 Å². The van der Waals surface area contributed by atoms with Gasteiger partial charge in [0.1, 0.15) is 5.75 Å². The maximum Gasteiger partial charge on any atom is 0.418 e. The zero-order valence-corrected chi connectivity index (χ0v) is 13.3. The van der Waals surface area contributed by atoms with Gasteiger partial charge < -0.3 is 15.0 Å². The minimum absolute atomic E-state index is 0.0562. The summed E-state index contributed by atoms with van der Waals surface area (Å²) < 4.78 is 44.2. The van der Waals surface area contributed by atoms with Crippen molar-refractivity contribution in [3.63, 3.8) is 0 Å². The zero-order chi connectivity index (χ0) is 18.0. The minimum atomic E-state index is -4.53. The predicted octanol–water partition coefficient (Wildman–Crippen LogP) is 4.38. The highest BCUT2D eigenvalue weighted by atomic mass is 19.4. The molecule has 0 saturated heterocycles. The molecule has 1 heterocycles. The number of para-hydroxylation sites is 1. The van der Waals surface area contributed by atoms with E-state index in [0.29, 0.717) is 11.3 Å². The van der Waals surface area contributed by atoms with E-state index in [9.17, 15) is 18.0 Å². The van der Waals surface area contributed by atoms with Crippen LogP contribution in [0, 0.1) is 0 Å². The minimum Gasteiger partial charge on any atom is -0.497 e. The van der Waals surface area contributed by atoms with E-state index in [1.54, 1.807) is 18.3 Å². The van der Waals surface area contributed by atoms with Crippen LogP contribution in [0.3, 0.4) is 0 Å². The average molecular weight is 348 g/mol. The highest BCUT2D eigenvalue weighted by molar-refractivity contribution is 5.96. The second kappa shape index (κ2) is 6.51. The Labute approximate surface area is 141 Å².